The number of hydrogen-bond donors (Lipinski definition) is 1. The van der Waals surface area contributed by atoms with Gasteiger partial charge in [0.1, 0.15) is 0 Å². The van der Waals surface area contributed by atoms with Crippen LogP contribution in [0.3, 0.4) is 0 Å². The lowest BCUT2D eigenvalue weighted by Gasteiger charge is -2.22. The van der Waals surface area contributed by atoms with Gasteiger partial charge in [-0.25, -0.2) is 0 Å². The number of amides is 1. The smallest absolute Gasteiger partial charge is 0.224 e. The Bertz CT molecular complexity index is 311. The number of carbonyl (C=O) groups excluding carboxylic acids is 1. The Morgan fingerprint density at radius 3 is 2.56 bits per heavy atom. The molecule has 0 bridgehead atoms. The van der Waals surface area contributed by atoms with Gasteiger partial charge >= 0.3 is 0 Å². The van der Waals surface area contributed by atoms with Crippen LogP contribution in [0.4, 0.5) is 0 Å². The van der Waals surface area contributed by atoms with Crippen molar-refractivity contribution in [2.45, 2.75) is 26.3 Å². The van der Waals surface area contributed by atoms with E-state index in [1.807, 2.05) is 35.2 Å². The maximum Gasteiger partial charge on any atom is 0.224 e. The molecule has 1 amide bonds. The van der Waals surface area contributed by atoms with Gasteiger partial charge in [0.2, 0.25) is 5.91 Å². The van der Waals surface area contributed by atoms with E-state index in [0.717, 1.165) is 13.0 Å². The molecule has 0 heterocycles. The second-order valence-corrected chi connectivity index (χ2v) is 3.84. The van der Waals surface area contributed by atoms with E-state index in [2.05, 4.69) is 6.92 Å². The molecule has 0 atom stereocenters. The van der Waals surface area contributed by atoms with Crippen molar-refractivity contribution in [3.05, 3.63) is 35.9 Å². The monoisotopic (exact) mass is 220 g/mol. The van der Waals surface area contributed by atoms with Crippen LogP contribution in [0.15, 0.2) is 30.3 Å². The first-order valence-electron chi connectivity index (χ1n) is 5.79. The Balaban J connectivity index is 2.60. The SMILES string of the molecule is CCCN(Cc1ccccc1)C(=O)CCN. The summed E-state index contributed by atoms with van der Waals surface area (Å²) in [7, 11) is 0. The van der Waals surface area contributed by atoms with Crippen LogP contribution >= 0.6 is 0 Å². The second kappa shape index (κ2) is 7.01. The lowest BCUT2D eigenvalue weighted by Crippen LogP contribution is -2.32. The Hall–Kier alpha value is -1.35. The lowest BCUT2D eigenvalue weighted by atomic mass is 10.2. The Kier molecular flexibility index (Phi) is 5.57. The quantitative estimate of drug-likeness (QED) is 0.794. The number of benzene rings is 1. The first-order chi connectivity index (χ1) is 7.77. The van der Waals surface area contributed by atoms with Gasteiger partial charge in [-0.1, -0.05) is 37.3 Å². The topological polar surface area (TPSA) is 46.3 Å². The van der Waals surface area contributed by atoms with E-state index < -0.39 is 0 Å². The summed E-state index contributed by atoms with van der Waals surface area (Å²) in [4.78, 5) is 13.7. The molecular formula is C13H20N2O. The van der Waals surface area contributed by atoms with Gasteiger partial charge in [0.15, 0.2) is 0 Å². The number of hydrogen-bond acceptors (Lipinski definition) is 2. The molecule has 0 aliphatic rings. The van der Waals surface area contributed by atoms with Gasteiger partial charge in [-0.2, -0.15) is 0 Å². The Morgan fingerprint density at radius 1 is 1.31 bits per heavy atom. The average molecular weight is 220 g/mol. The molecule has 0 aliphatic carbocycles. The van der Waals surface area contributed by atoms with Crippen LogP contribution in [-0.2, 0) is 11.3 Å². The van der Waals surface area contributed by atoms with Gasteiger partial charge in [-0.15, -0.1) is 0 Å². The summed E-state index contributed by atoms with van der Waals surface area (Å²) < 4.78 is 0. The molecule has 3 heteroatoms. The Morgan fingerprint density at radius 2 is 2.00 bits per heavy atom. The summed E-state index contributed by atoms with van der Waals surface area (Å²) in [5, 5.41) is 0. The molecule has 0 aliphatic heterocycles. The first-order valence-corrected chi connectivity index (χ1v) is 5.79. The summed E-state index contributed by atoms with van der Waals surface area (Å²) in [6.45, 7) is 3.99. The molecule has 0 unspecified atom stereocenters. The molecule has 1 aromatic carbocycles. The van der Waals surface area contributed by atoms with Gasteiger partial charge in [-0.3, -0.25) is 4.79 Å². The zero-order chi connectivity index (χ0) is 11.8. The molecule has 3 nitrogen and oxygen atoms in total. The van der Waals surface area contributed by atoms with E-state index in [0.29, 0.717) is 19.5 Å². The third-order valence-electron chi connectivity index (χ3n) is 2.42. The normalized spacial score (nSPS) is 10.1. The van der Waals surface area contributed by atoms with Gasteiger partial charge in [0.25, 0.3) is 0 Å². The molecule has 16 heavy (non-hydrogen) atoms. The van der Waals surface area contributed by atoms with E-state index in [9.17, 15) is 4.79 Å². The van der Waals surface area contributed by atoms with E-state index in [1.54, 1.807) is 0 Å². The number of carbonyl (C=O) groups is 1. The predicted octanol–water partition coefficient (Wildman–Crippen LogP) is 1.77. The molecule has 0 saturated carbocycles. The maximum absolute atomic E-state index is 11.8. The highest BCUT2D eigenvalue weighted by Gasteiger charge is 2.11. The average Bonchev–Trinajstić information content (AvgIpc) is 2.30. The molecule has 0 saturated heterocycles. The third kappa shape index (κ3) is 4.03. The minimum absolute atomic E-state index is 0.146. The van der Waals surface area contributed by atoms with Crippen LogP contribution < -0.4 is 5.73 Å². The highest BCUT2D eigenvalue weighted by Crippen LogP contribution is 2.06. The third-order valence-corrected chi connectivity index (χ3v) is 2.42. The van der Waals surface area contributed by atoms with Crippen molar-refractivity contribution in [1.82, 2.24) is 4.90 Å². The standard InChI is InChI=1S/C13H20N2O/c1-2-10-15(13(16)8-9-14)11-12-6-4-3-5-7-12/h3-7H,2,8-11,14H2,1H3. The van der Waals surface area contributed by atoms with Crippen molar-refractivity contribution < 1.29 is 4.79 Å². The van der Waals surface area contributed by atoms with Crippen molar-refractivity contribution in [2.75, 3.05) is 13.1 Å². The first kappa shape index (κ1) is 12.7. The molecule has 0 spiro atoms. The van der Waals surface area contributed by atoms with E-state index >= 15 is 0 Å². The predicted molar refractivity (Wildman–Crippen MR) is 65.8 cm³/mol. The minimum atomic E-state index is 0.146. The Labute approximate surface area is 97.2 Å². The van der Waals surface area contributed by atoms with Crippen molar-refractivity contribution in [2.24, 2.45) is 5.73 Å². The van der Waals surface area contributed by atoms with Crippen molar-refractivity contribution in [3.63, 3.8) is 0 Å². The zero-order valence-corrected chi connectivity index (χ0v) is 9.86. The molecule has 0 fully saturated rings. The van der Waals surface area contributed by atoms with E-state index in [-0.39, 0.29) is 5.91 Å². The van der Waals surface area contributed by atoms with E-state index in [4.69, 9.17) is 5.73 Å². The fourth-order valence-corrected chi connectivity index (χ4v) is 1.65. The molecule has 1 aromatic rings. The fraction of sp³-hybridized carbons (Fsp3) is 0.462. The van der Waals surface area contributed by atoms with Crippen LogP contribution in [0.25, 0.3) is 0 Å². The van der Waals surface area contributed by atoms with Gasteiger partial charge in [-0.05, 0) is 12.0 Å². The van der Waals surface area contributed by atoms with Crippen molar-refractivity contribution in [1.29, 1.82) is 0 Å². The van der Waals surface area contributed by atoms with Gasteiger partial charge in [0.05, 0.1) is 0 Å². The van der Waals surface area contributed by atoms with Crippen molar-refractivity contribution >= 4 is 5.91 Å². The highest BCUT2D eigenvalue weighted by molar-refractivity contribution is 5.76. The number of nitrogens with two attached hydrogens (primary N) is 1. The molecule has 88 valence electrons. The van der Waals surface area contributed by atoms with Crippen LogP contribution in [0.1, 0.15) is 25.3 Å². The molecular weight excluding hydrogens is 200 g/mol. The van der Waals surface area contributed by atoms with Crippen LogP contribution in [0, 0.1) is 0 Å². The van der Waals surface area contributed by atoms with Gasteiger partial charge < -0.3 is 10.6 Å². The lowest BCUT2D eigenvalue weighted by molar-refractivity contribution is -0.131. The molecule has 0 radical (unpaired) electrons. The largest absolute Gasteiger partial charge is 0.338 e. The number of rotatable bonds is 6. The fourth-order valence-electron chi connectivity index (χ4n) is 1.65. The van der Waals surface area contributed by atoms with Crippen molar-refractivity contribution in [3.8, 4) is 0 Å². The summed E-state index contributed by atoms with van der Waals surface area (Å²) >= 11 is 0. The molecule has 1 rings (SSSR count). The summed E-state index contributed by atoms with van der Waals surface area (Å²) in [6, 6.07) is 10.0. The maximum atomic E-state index is 11.8. The zero-order valence-electron chi connectivity index (χ0n) is 9.86. The summed E-state index contributed by atoms with van der Waals surface area (Å²) in [6.07, 6.45) is 1.41. The van der Waals surface area contributed by atoms with Crippen LogP contribution in [-0.4, -0.2) is 23.9 Å². The molecule has 2 N–H and O–H groups in total. The number of nitrogens with zero attached hydrogens (tertiary/aromatic N) is 1. The van der Waals surface area contributed by atoms with E-state index in [1.165, 1.54) is 5.56 Å². The highest BCUT2D eigenvalue weighted by atomic mass is 16.2. The second-order valence-electron chi connectivity index (χ2n) is 3.84. The van der Waals surface area contributed by atoms with Gasteiger partial charge in [0, 0.05) is 26.1 Å². The summed E-state index contributed by atoms with van der Waals surface area (Å²) in [5.41, 5.74) is 6.58. The minimum Gasteiger partial charge on any atom is -0.338 e. The molecule has 0 aromatic heterocycles. The van der Waals surface area contributed by atoms with Crippen LogP contribution in [0.5, 0.6) is 0 Å². The van der Waals surface area contributed by atoms with Crippen LogP contribution in [0.2, 0.25) is 0 Å². The summed E-state index contributed by atoms with van der Waals surface area (Å²) in [5.74, 6) is 0.146.